The third-order valence-electron chi connectivity index (χ3n) is 5.57. The highest BCUT2D eigenvalue weighted by Crippen LogP contribution is 2.19. The minimum Gasteiger partial charge on any atom is -0.345 e. The molecule has 2 aromatic carbocycles. The number of rotatable bonds is 9. The summed E-state index contributed by atoms with van der Waals surface area (Å²) in [6.45, 7) is 10.9. The second kappa shape index (κ2) is 10.2. The summed E-state index contributed by atoms with van der Waals surface area (Å²) in [7, 11) is 0. The van der Waals surface area contributed by atoms with E-state index in [2.05, 4.69) is 35.2 Å². The van der Waals surface area contributed by atoms with Crippen LogP contribution in [0.2, 0.25) is 0 Å². The third-order valence-corrected chi connectivity index (χ3v) is 5.57. The van der Waals surface area contributed by atoms with E-state index in [-0.39, 0.29) is 0 Å². The molecule has 6 heteroatoms. The highest BCUT2D eigenvalue weighted by Gasteiger charge is 2.25. The number of benzene rings is 2. The number of hydrogen-bond donors (Lipinski definition) is 1. The molecule has 1 amide bonds. The molecule has 162 valence electrons. The van der Waals surface area contributed by atoms with Crippen molar-refractivity contribution in [2.45, 2.75) is 40.8 Å². The van der Waals surface area contributed by atoms with Crippen LogP contribution in [-0.2, 0) is 17.9 Å². The molecule has 1 aromatic heterocycles. The van der Waals surface area contributed by atoms with Gasteiger partial charge in [0.1, 0.15) is 0 Å². The van der Waals surface area contributed by atoms with E-state index in [0.29, 0.717) is 23.5 Å². The van der Waals surface area contributed by atoms with Gasteiger partial charge in [0, 0.05) is 13.1 Å². The van der Waals surface area contributed by atoms with Crippen LogP contribution in [-0.4, -0.2) is 39.5 Å². The second-order valence-electron chi connectivity index (χ2n) is 7.54. The number of aromatic nitrogens is 2. The molecule has 0 saturated carbocycles. The maximum atomic E-state index is 12.9. The summed E-state index contributed by atoms with van der Waals surface area (Å²) < 4.78 is 1.70. The monoisotopic (exact) mass is 418 g/mol. The molecule has 1 heterocycles. The summed E-state index contributed by atoms with van der Waals surface area (Å²) in [5, 5.41) is 7.28. The first-order chi connectivity index (χ1) is 15.0. The van der Waals surface area contributed by atoms with Crippen molar-refractivity contribution in [1.29, 1.82) is 0 Å². The molecule has 6 nitrogen and oxygen atoms in total. The average Bonchev–Trinajstić information content (AvgIpc) is 3.10. The lowest BCUT2D eigenvalue weighted by molar-refractivity contribution is -0.117. The predicted octanol–water partition coefficient (Wildman–Crippen LogP) is 3.83. The number of hydrogen-bond acceptors (Lipinski definition) is 4. The Labute approximate surface area is 183 Å². The minimum absolute atomic E-state index is 0.312. The van der Waals surface area contributed by atoms with E-state index in [0.717, 1.165) is 36.4 Å². The lowest BCUT2D eigenvalue weighted by Gasteiger charge is -2.20. The van der Waals surface area contributed by atoms with Gasteiger partial charge in [0.2, 0.25) is 0 Å². The summed E-state index contributed by atoms with van der Waals surface area (Å²) in [5.74, 6) is -1.17. The summed E-state index contributed by atoms with van der Waals surface area (Å²) in [6.07, 6.45) is 0. The number of carbonyl (C=O) groups is 2. The van der Waals surface area contributed by atoms with E-state index >= 15 is 0 Å². The van der Waals surface area contributed by atoms with Crippen LogP contribution in [0.4, 0.5) is 0 Å². The predicted molar refractivity (Wildman–Crippen MR) is 122 cm³/mol. The number of para-hydroxylation sites is 1. The van der Waals surface area contributed by atoms with Gasteiger partial charge in [-0.1, -0.05) is 56.3 Å². The van der Waals surface area contributed by atoms with Crippen molar-refractivity contribution >= 4 is 11.7 Å². The molecule has 0 aliphatic carbocycles. The van der Waals surface area contributed by atoms with E-state index in [1.54, 1.807) is 11.6 Å². The maximum Gasteiger partial charge on any atom is 0.292 e. The number of nitrogens with one attached hydrogen (secondary N) is 1. The largest absolute Gasteiger partial charge is 0.345 e. The Balaban J connectivity index is 1.74. The Morgan fingerprint density at radius 1 is 0.935 bits per heavy atom. The molecular formula is C25H30N4O2. The minimum atomic E-state index is -0.614. The SMILES string of the molecule is CCN(CC)Cc1ccccc1CNC(=O)C(=O)c1c(C)nn(-c2ccccc2)c1C. The van der Waals surface area contributed by atoms with Crippen molar-refractivity contribution in [1.82, 2.24) is 20.0 Å². The molecular weight excluding hydrogens is 388 g/mol. The fourth-order valence-electron chi connectivity index (χ4n) is 3.73. The Hall–Kier alpha value is -3.25. The van der Waals surface area contributed by atoms with E-state index in [1.807, 2.05) is 55.5 Å². The summed E-state index contributed by atoms with van der Waals surface area (Å²) in [5.41, 5.74) is 4.59. The van der Waals surface area contributed by atoms with Crippen LogP contribution in [0.5, 0.6) is 0 Å². The zero-order valence-electron chi connectivity index (χ0n) is 18.7. The lowest BCUT2D eigenvalue weighted by Crippen LogP contribution is -2.32. The Morgan fingerprint density at radius 2 is 1.55 bits per heavy atom. The topological polar surface area (TPSA) is 67.2 Å². The molecule has 3 aromatic rings. The van der Waals surface area contributed by atoms with Gasteiger partial charge < -0.3 is 5.32 Å². The maximum absolute atomic E-state index is 12.9. The van der Waals surface area contributed by atoms with Gasteiger partial charge in [0.05, 0.1) is 22.6 Å². The number of ketones is 1. The standard InChI is InChI=1S/C25H30N4O2/c1-5-28(6-2)17-21-13-11-10-12-20(21)16-26-25(31)24(30)23-18(3)27-29(19(23)4)22-14-8-7-9-15-22/h7-15H,5-6,16-17H2,1-4H3,(H,26,31). The highest BCUT2D eigenvalue weighted by molar-refractivity contribution is 6.43. The average molecular weight is 419 g/mol. The Bertz CT molecular complexity index is 1050. The number of Topliss-reactive ketones (excluding diaryl/α,β-unsaturated/α-hetero) is 1. The number of carbonyl (C=O) groups excluding carboxylic acids is 2. The quantitative estimate of drug-likeness (QED) is 0.424. The zero-order chi connectivity index (χ0) is 22.4. The van der Waals surface area contributed by atoms with E-state index in [9.17, 15) is 9.59 Å². The molecule has 31 heavy (non-hydrogen) atoms. The van der Waals surface area contributed by atoms with Crippen molar-refractivity contribution in [3.05, 3.63) is 82.7 Å². The van der Waals surface area contributed by atoms with Crippen LogP contribution in [0, 0.1) is 13.8 Å². The van der Waals surface area contributed by atoms with Crippen molar-refractivity contribution in [2.75, 3.05) is 13.1 Å². The smallest absolute Gasteiger partial charge is 0.292 e. The van der Waals surface area contributed by atoms with E-state index < -0.39 is 11.7 Å². The molecule has 0 unspecified atom stereocenters. The lowest BCUT2D eigenvalue weighted by atomic mass is 10.1. The van der Waals surface area contributed by atoms with Crippen LogP contribution in [0.1, 0.15) is 46.7 Å². The van der Waals surface area contributed by atoms with Gasteiger partial charge in [0.15, 0.2) is 0 Å². The van der Waals surface area contributed by atoms with E-state index in [4.69, 9.17) is 0 Å². The molecule has 0 bridgehead atoms. The van der Waals surface area contributed by atoms with Gasteiger partial charge in [0.25, 0.3) is 11.7 Å². The van der Waals surface area contributed by atoms with Crippen LogP contribution < -0.4 is 5.32 Å². The first-order valence-electron chi connectivity index (χ1n) is 10.7. The molecule has 0 saturated heterocycles. The first kappa shape index (κ1) is 22.4. The van der Waals surface area contributed by atoms with E-state index in [1.165, 1.54) is 0 Å². The van der Waals surface area contributed by atoms with Crippen LogP contribution in [0.25, 0.3) is 5.69 Å². The summed E-state index contributed by atoms with van der Waals surface area (Å²) in [6, 6.07) is 17.6. The normalized spacial score (nSPS) is 11.0. The highest BCUT2D eigenvalue weighted by atomic mass is 16.2. The molecule has 0 spiro atoms. The van der Waals surface area contributed by atoms with Crippen molar-refractivity contribution < 1.29 is 9.59 Å². The Kier molecular flexibility index (Phi) is 7.36. The number of amides is 1. The molecule has 0 aliphatic heterocycles. The zero-order valence-corrected chi connectivity index (χ0v) is 18.7. The van der Waals surface area contributed by atoms with Gasteiger partial charge in [-0.2, -0.15) is 5.10 Å². The van der Waals surface area contributed by atoms with Crippen molar-refractivity contribution in [3.8, 4) is 5.69 Å². The van der Waals surface area contributed by atoms with Gasteiger partial charge in [-0.05, 0) is 50.2 Å². The summed E-state index contributed by atoms with van der Waals surface area (Å²) in [4.78, 5) is 28.0. The molecule has 3 rings (SSSR count). The van der Waals surface area contributed by atoms with Gasteiger partial charge in [-0.3, -0.25) is 14.5 Å². The molecule has 0 atom stereocenters. The molecule has 0 fully saturated rings. The first-order valence-corrected chi connectivity index (χ1v) is 10.7. The molecule has 0 radical (unpaired) electrons. The molecule has 0 aliphatic rings. The van der Waals surface area contributed by atoms with Crippen LogP contribution in [0.3, 0.4) is 0 Å². The fourth-order valence-corrected chi connectivity index (χ4v) is 3.73. The fraction of sp³-hybridized carbons (Fsp3) is 0.320. The van der Waals surface area contributed by atoms with Crippen LogP contribution >= 0.6 is 0 Å². The van der Waals surface area contributed by atoms with Gasteiger partial charge in [-0.15, -0.1) is 0 Å². The third kappa shape index (κ3) is 5.09. The summed E-state index contributed by atoms with van der Waals surface area (Å²) >= 11 is 0. The van der Waals surface area contributed by atoms with Gasteiger partial charge in [-0.25, -0.2) is 4.68 Å². The Morgan fingerprint density at radius 3 is 2.19 bits per heavy atom. The van der Waals surface area contributed by atoms with Crippen molar-refractivity contribution in [2.24, 2.45) is 0 Å². The van der Waals surface area contributed by atoms with Gasteiger partial charge >= 0.3 is 0 Å². The molecule has 1 N–H and O–H groups in total. The number of aryl methyl sites for hydroxylation is 1. The second-order valence-corrected chi connectivity index (χ2v) is 7.54. The number of nitrogens with zero attached hydrogens (tertiary/aromatic N) is 3. The van der Waals surface area contributed by atoms with Crippen LogP contribution in [0.15, 0.2) is 54.6 Å². The van der Waals surface area contributed by atoms with Crippen molar-refractivity contribution in [3.63, 3.8) is 0 Å².